The van der Waals surface area contributed by atoms with Gasteiger partial charge in [-0.1, -0.05) is 18.2 Å². The highest BCUT2D eigenvalue weighted by Gasteiger charge is 2.02. The summed E-state index contributed by atoms with van der Waals surface area (Å²) in [5, 5.41) is 7.94. The van der Waals surface area contributed by atoms with E-state index in [0.717, 1.165) is 0 Å². The third-order valence-electron chi connectivity index (χ3n) is 1.09. The van der Waals surface area contributed by atoms with Crippen molar-refractivity contribution in [2.24, 2.45) is 0 Å². The first-order chi connectivity index (χ1) is 4.84. The maximum Gasteiger partial charge on any atom is 0.372 e. The van der Waals surface area contributed by atoms with Crippen molar-refractivity contribution in [3.05, 3.63) is 35.9 Å². The van der Waals surface area contributed by atoms with Crippen LogP contribution in [0.5, 0.6) is 0 Å². The molecule has 0 amide bonds. The highest BCUT2D eigenvalue weighted by molar-refractivity contribution is 5.88. The van der Waals surface area contributed by atoms with Crippen LogP contribution in [0.4, 0.5) is 0 Å². The van der Waals surface area contributed by atoms with E-state index in [2.05, 4.69) is 4.89 Å². The van der Waals surface area contributed by atoms with E-state index in [9.17, 15) is 4.79 Å². The number of hydrogen-bond donors (Lipinski definition) is 1. The molecule has 0 spiro atoms. The molecule has 0 radical (unpaired) electrons. The molecule has 0 aromatic heterocycles. The molecule has 0 aliphatic rings. The Morgan fingerprint density at radius 2 is 1.82 bits per heavy atom. The Balaban J connectivity index is 0.000001000. The van der Waals surface area contributed by atoms with Crippen molar-refractivity contribution in [1.29, 1.82) is 0 Å². The zero-order chi connectivity index (χ0) is 7.40. The fourth-order valence-corrected chi connectivity index (χ4v) is 0.627. The van der Waals surface area contributed by atoms with Gasteiger partial charge >= 0.3 is 5.97 Å². The second kappa shape index (κ2) is 4.71. The molecule has 0 fully saturated rings. The third-order valence-corrected chi connectivity index (χ3v) is 1.09. The molecular formula is C7H7ClO3. The smallest absolute Gasteiger partial charge is 0.296 e. The van der Waals surface area contributed by atoms with Crippen molar-refractivity contribution in [1.82, 2.24) is 0 Å². The van der Waals surface area contributed by atoms with E-state index in [0.29, 0.717) is 5.56 Å². The van der Waals surface area contributed by atoms with Crippen LogP contribution in [0.15, 0.2) is 30.3 Å². The summed E-state index contributed by atoms with van der Waals surface area (Å²) in [5.41, 5.74) is 0.338. The van der Waals surface area contributed by atoms with Crippen LogP contribution in [0.2, 0.25) is 0 Å². The minimum absolute atomic E-state index is 0. The second-order valence-corrected chi connectivity index (χ2v) is 1.74. The van der Waals surface area contributed by atoms with E-state index >= 15 is 0 Å². The molecule has 1 rings (SSSR count). The van der Waals surface area contributed by atoms with Crippen LogP contribution < -0.4 is 0 Å². The molecule has 0 saturated carbocycles. The minimum Gasteiger partial charge on any atom is -0.296 e. The van der Waals surface area contributed by atoms with E-state index in [1.165, 1.54) is 0 Å². The van der Waals surface area contributed by atoms with Gasteiger partial charge in [0.15, 0.2) is 0 Å². The van der Waals surface area contributed by atoms with Gasteiger partial charge in [-0.05, 0) is 12.1 Å². The number of rotatable bonds is 1. The van der Waals surface area contributed by atoms with E-state index in [1.54, 1.807) is 30.3 Å². The lowest BCUT2D eigenvalue weighted by atomic mass is 10.2. The molecule has 0 bridgehead atoms. The van der Waals surface area contributed by atoms with Gasteiger partial charge in [-0.3, -0.25) is 4.89 Å². The molecule has 1 aromatic carbocycles. The normalized spacial score (nSPS) is 8.09. The third kappa shape index (κ3) is 2.57. The molecular weight excluding hydrogens is 168 g/mol. The zero-order valence-corrected chi connectivity index (χ0v) is 6.38. The van der Waals surface area contributed by atoms with Crippen molar-refractivity contribution < 1.29 is 14.9 Å². The van der Waals surface area contributed by atoms with Gasteiger partial charge in [0, 0.05) is 0 Å². The highest BCUT2D eigenvalue weighted by atomic mass is 35.5. The summed E-state index contributed by atoms with van der Waals surface area (Å²) in [7, 11) is 0. The van der Waals surface area contributed by atoms with Gasteiger partial charge in [0.2, 0.25) is 0 Å². The topological polar surface area (TPSA) is 46.5 Å². The number of carbonyl (C=O) groups is 1. The van der Waals surface area contributed by atoms with Gasteiger partial charge < -0.3 is 0 Å². The van der Waals surface area contributed by atoms with Crippen LogP contribution in [-0.2, 0) is 4.89 Å². The lowest BCUT2D eigenvalue weighted by Gasteiger charge is -1.92. The average Bonchev–Trinajstić information content (AvgIpc) is 2.05. The maximum absolute atomic E-state index is 10.5. The summed E-state index contributed by atoms with van der Waals surface area (Å²) >= 11 is 0. The van der Waals surface area contributed by atoms with Crippen LogP contribution in [-0.4, -0.2) is 11.2 Å². The van der Waals surface area contributed by atoms with Crippen LogP contribution in [0.3, 0.4) is 0 Å². The van der Waals surface area contributed by atoms with E-state index in [1.807, 2.05) is 0 Å². The Hall–Kier alpha value is -1.06. The molecule has 11 heavy (non-hydrogen) atoms. The number of carbonyl (C=O) groups excluding carboxylic acids is 1. The van der Waals surface area contributed by atoms with Gasteiger partial charge in [-0.15, -0.1) is 12.4 Å². The number of halogens is 1. The van der Waals surface area contributed by atoms with Gasteiger partial charge in [-0.25, -0.2) is 4.79 Å². The van der Waals surface area contributed by atoms with Crippen molar-refractivity contribution in [2.75, 3.05) is 0 Å². The van der Waals surface area contributed by atoms with Crippen LogP contribution in [0.1, 0.15) is 10.4 Å². The fraction of sp³-hybridized carbons (Fsp3) is 0. The molecule has 0 atom stereocenters. The molecule has 4 heteroatoms. The summed E-state index contributed by atoms with van der Waals surface area (Å²) in [6.07, 6.45) is 0. The quantitative estimate of drug-likeness (QED) is 0.521. The molecule has 1 N–H and O–H groups in total. The van der Waals surface area contributed by atoms with Gasteiger partial charge in [0.25, 0.3) is 0 Å². The van der Waals surface area contributed by atoms with Crippen LogP contribution >= 0.6 is 12.4 Å². The SMILES string of the molecule is Cl.O=C(OO)c1ccccc1. The first-order valence-electron chi connectivity index (χ1n) is 2.75. The Kier molecular flexibility index (Phi) is 4.26. The predicted octanol–water partition coefficient (Wildman–Crippen LogP) is 1.74. The van der Waals surface area contributed by atoms with E-state index < -0.39 is 5.97 Å². The fourth-order valence-electron chi connectivity index (χ4n) is 0.627. The largest absolute Gasteiger partial charge is 0.372 e. The minimum atomic E-state index is -0.736. The zero-order valence-electron chi connectivity index (χ0n) is 5.56. The Morgan fingerprint density at radius 1 is 1.27 bits per heavy atom. The van der Waals surface area contributed by atoms with Crippen molar-refractivity contribution in [3.63, 3.8) is 0 Å². The second-order valence-electron chi connectivity index (χ2n) is 1.74. The molecule has 0 heterocycles. The number of benzene rings is 1. The van der Waals surface area contributed by atoms with Gasteiger partial charge in [0.05, 0.1) is 5.56 Å². The molecule has 3 nitrogen and oxygen atoms in total. The van der Waals surface area contributed by atoms with Crippen LogP contribution in [0.25, 0.3) is 0 Å². The van der Waals surface area contributed by atoms with Crippen molar-refractivity contribution in [3.8, 4) is 0 Å². The Labute approximate surface area is 69.9 Å². The van der Waals surface area contributed by atoms with Crippen molar-refractivity contribution >= 4 is 18.4 Å². The molecule has 0 aliphatic carbocycles. The summed E-state index contributed by atoms with van der Waals surface area (Å²) in [6, 6.07) is 8.25. The van der Waals surface area contributed by atoms with Gasteiger partial charge in [0.1, 0.15) is 0 Å². The predicted molar refractivity (Wildman–Crippen MR) is 41.7 cm³/mol. The van der Waals surface area contributed by atoms with Gasteiger partial charge in [-0.2, -0.15) is 5.26 Å². The number of hydrogen-bond acceptors (Lipinski definition) is 3. The standard InChI is InChI=1S/C7H6O3.ClH/c8-7(10-9)6-4-2-1-3-5-6;/h1-5,9H;1H. The average molecular weight is 175 g/mol. The lowest BCUT2D eigenvalue weighted by molar-refractivity contribution is -0.182. The maximum atomic E-state index is 10.5. The Bertz CT molecular complexity index is 222. The van der Waals surface area contributed by atoms with Crippen LogP contribution in [0, 0.1) is 0 Å². The monoisotopic (exact) mass is 174 g/mol. The summed E-state index contributed by atoms with van der Waals surface area (Å²) in [5.74, 6) is -0.736. The van der Waals surface area contributed by atoms with E-state index in [-0.39, 0.29) is 12.4 Å². The molecule has 0 aliphatic heterocycles. The summed E-state index contributed by atoms with van der Waals surface area (Å²) in [6.45, 7) is 0. The van der Waals surface area contributed by atoms with E-state index in [4.69, 9.17) is 5.26 Å². The molecule has 0 saturated heterocycles. The summed E-state index contributed by atoms with van der Waals surface area (Å²) in [4.78, 5) is 14.0. The lowest BCUT2D eigenvalue weighted by Crippen LogP contribution is -2.00. The molecule has 60 valence electrons. The highest BCUT2D eigenvalue weighted by Crippen LogP contribution is 1.98. The molecule has 1 aromatic rings. The summed E-state index contributed by atoms with van der Waals surface area (Å²) < 4.78 is 0. The Morgan fingerprint density at radius 3 is 2.27 bits per heavy atom. The molecule has 0 unspecified atom stereocenters. The van der Waals surface area contributed by atoms with Crippen molar-refractivity contribution in [2.45, 2.75) is 0 Å². The first kappa shape index (κ1) is 9.94. The first-order valence-corrected chi connectivity index (χ1v) is 2.75.